The Kier molecular flexibility index (Phi) is 3.86. The van der Waals surface area contributed by atoms with Crippen LogP contribution in [-0.4, -0.2) is 66.0 Å². The summed E-state index contributed by atoms with van der Waals surface area (Å²) in [6.45, 7) is 7.16. The molecule has 0 aromatic heterocycles. The van der Waals surface area contributed by atoms with Gasteiger partial charge in [0.1, 0.15) is 5.54 Å². The molecule has 2 N–H and O–H groups in total. The molecule has 1 spiro atoms. The number of nitrogens with one attached hydrogen (secondary N) is 2. The number of rotatable bonds is 0. The maximum absolute atomic E-state index is 12.3. The predicted octanol–water partition coefficient (Wildman–Crippen LogP) is 0.377. The third-order valence-corrected chi connectivity index (χ3v) is 3.72. The molecule has 1 fully saturated rings. The van der Waals surface area contributed by atoms with Gasteiger partial charge >= 0.3 is 6.03 Å². The predicted molar refractivity (Wildman–Crippen MR) is 81.1 cm³/mol. The molecule has 0 bridgehead atoms. The molecule has 0 unspecified atom stereocenters. The van der Waals surface area contributed by atoms with Crippen molar-refractivity contribution in [3.8, 4) is 0 Å². The van der Waals surface area contributed by atoms with E-state index in [0.717, 1.165) is 0 Å². The third kappa shape index (κ3) is 3.28. The number of nitrogens with zero attached hydrogens (tertiary/aromatic N) is 3. The van der Waals surface area contributed by atoms with Crippen molar-refractivity contribution in [1.29, 1.82) is 0 Å². The molecule has 21 heavy (non-hydrogen) atoms. The molecule has 1 saturated heterocycles. The minimum absolute atomic E-state index is 0.0136. The molecule has 0 radical (unpaired) electrons. The van der Waals surface area contributed by atoms with Crippen LogP contribution in [0.25, 0.3) is 0 Å². The van der Waals surface area contributed by atoms with E-state index >= 15 is 0 Å². The third-order valence-electron chi connectivity index (χ3n) is 3.72. The zero-order chi connectivity index (χ0) is 15.8. The topological polar surface area (TPSA) is 77.0 Å². The van der Waals surface area contributed by atoms with Crippen LogP contribution in [0.5, 0.6) is 0 Å². The number of aliphatic imine (C=N–C) groups is 1. The van der Waals surface area contributed by atoms with Gasteiger partial charge in [-0.1, -0.05) is 0 Å². The highest BCUT2D eigenvalue weighted by Crippen LogP contribution is 2.30. The Hall–Kier alpha value is -1.79. The van der Waals surface area contributed by atoms with E-state index in [0.29, 0.717) is 31.9 Å². The highest BCUT2D eigenvalue weighted by molar-refractivity contribution is 6.07. The monoisotopic (exact) mass is 295 g/mol. The van der Waals surface area contributed by atoms with Crippen molar-refractivity contribution in [2.45, 2.75) is 44.7 Å². The van der Waals surface area contributed by atoms with Gasteiger partial charge < -0.3 is 15.1 Å². The van der Waals surface area contributed by atoms with E-state index in [1.165, 1.54) is 0 Å². The van der Waals surface area contributed by atoms with Crippen LogP contribution >= 0.6 is 0 Å². The lowest BCUT2D eigenvalue weighted by molar-refractivity contribution is -0.125. The van der Waals surface area contributed by atoms with Crippen molar-refractivity contribution in [2.75, 3.05) is 27.2 Å². The number of likely N-dealkylation sites (tertiary alicyclic amines) is 1. The molecule has 2 aliphatic heterocycles. The van der Waals surface area contributed by atoms with Gasteiger partial charge in [0, 0.05) is 32.7 Å². The second-order valence-electron chi connectivity index (χ2n) is 6.99. The van der Waals surface area contributed by atoms with Crippen molar-refractivity contribution >= 4 is 17.9 Å². The first-order valence-electron chi connectivity index (χ1n) is 7.29. The number of carbonyl (C=O) groups is 2. The van der Waals surface area contributed by atoms with E-state index in [1.807, 2.05) is 20.8 Å². The zero-order valence-corrected chi connectivity index (χ0v) is 13.5. The number of hydrogen-bond acceptors (Lipinski definition) is 4. The number of guanidine groups is 1. The molecule has 7 heteroatoms. The summed E-state index contributed by atoms with van der Waals surface area (Å²) in [6.07, 6.45) is 1.13. The first kappa shape index (κ1) is 15.6. The van der Waals surface area contributed by atoms with Crippen LogP contribution in [0.2, 0.25) is 0 Å². The maximum atomic E-state index is 12.3. The van der Waals surface area contributed by atoms with Crippen molar-refractivity contribution in [1.82, 2.24) is 20.4 Å². The maximum Gasteiger partial charge on any atom is 0.319 e. The molecule has 118 valence electrons. The molecule has 2 heterocycles. The van der Waals surface area contributed by atoms with E-state index in [4.69, 9.17) is 0 Å². The van der Waals surface area contributed by atoms with Crippen LogP contribution < -0.4 is 10.6 Å². The summed E-state index contributed by atoms with van der Waals surface area (Å²) < 4.78 is 0. The summed E-state index contributed by atoms with van der Waals surface area (Å²) in [5.74, 6) is 0.478. The second-order valence-corrected chi connectivity index (χ2v) is 6.99. The van der Waals surface area contributed by atoms with E-state index in [2.05, 4.69) is 15.6 Å². The Morgan fingerprint density at radius 3 is 2.38 bits per heavy atom. The molecule has 0 aromatic carbocycles. The number of urea groups is 1. The molecule has 2 aliphatic rings. The molecule has 0 aromatic rings. The molecule has 0 saturated carbocycles. The lowest BCUT2D eigenvalue weighted by Crippen LogP contribution is -2.52. The van der Waals surface area contributed by atoms with Gasteiger partial charge in [0.05, 0.1) is 0 Å². The fourth-order valence-corrected chi connectivity index (χ4v) is 2.62. The molecule has 0 aliphatic carbocycles. The summed E-state index contributed by atoms with van der Waals surface area (Å²) >= 11 is 0. The molecule has 2 rings (SSSR count). The average molecular weight is 295 g/mol. The Bertz CT molecular complexity index is 470. The van der Waals surface area contributed by atoms with Crippen molar-refractivity contribution in [3.63, 3.8) is 0 Å². The normalized spacial score (nSPS) is 21.1. The average Bonchev–Trinajstić information content (AvgIpc) is 2.63. The fourth-order valence-electron chi connectivity index (χ4n) is 2.62. The first-order chi connectivity index (χ1) is 9.63. The summed E-state index contributed by atoms with van der Waals surface area (Å²) in [5, 5.41) is 6.03. The summed E-state index contributed by atoms with van der Waals surface area (Å²) in [4.78, 5) is 32.1. The number of piperidine rings is 1. The van der Waals surface area contributed by atoms with E-state index in [1.54, 1.807) is 23.9 Å². The molecular formula is C14H25N5O2. The van der Waals surface area contributed by atoms with Crippen LogP contribution in [-0.2, 0) is 4.79 Å². The van der Waals surface area contributed by atoms with Crippen LogP contribution in [0.15, 0.2) is 4.99 Å². The van der Waals surface area contributed by atoms with Gasteiger partial charge in [0.2, 0.25) is 0 Å². The zero-order valence-electron chi connectivity index (χ0n) is 13.5. The Morgan fingerprint density at radius 1 is 1.33 bits per heavy atom. The van der Waals surface area contributed by atoms with Gasteiger partial charge in [-0.05, 0) is 33.6 Å². The van der Waals surface area contributed by atoms with E-state index < -0.39 is 5.54 Å². The van der Waals surface area contributed by atoms with Gasteiger partial charge in [-0.2, -0.15) is 0 Å². The van der Waals surface area contributed by atoms with Crippen LogP contribution in [0, 0.1) is 0 Å². The van der Waals surface area contributed by atoms with E-state index in [9.17, 15) is 9.59 Å². The smallest absolute Gasteiger partial charge is 0.319 e. The number of amides is 3. The van der Waals surface area contributed by atoms with Crippen LogP contribution in [0.3, 0.4) is 0 Å². The van der Waals surface area contributed by atoms with Gasteiger partial charge in [0.15, 0.2) is 5.96 Å². The minimum Gasteiger partial charge on any atom is -0.351 e. The fraction of sp³-hybridized carbons (Fsp3) is 0.786. The van der Waals surface area contributed by atoms with Crippen molar-refractivity contribution in [2.24, 2.45) is 4.99 Å². The lowest BCUT2D eigenvalue weighted by atomic mass is 9.88. The Labute approximate surface area is 125 Å². The minimum atomic E-state index is -0.712. The van der Waals surface area contributed by atoms with E-state index in [-0.39, 0.29) is 17.5 Å². The largest absolute Gasteiger partial charge is 0.351 e. The standard InChI is InChI=1S/C14H25N5O2/c1-13(2,3)16-11-15-10(20)14(17-11)6-8-19(9-7-14)12(21)18(4)5/h6-9H2,1-5H3,(H2,15,16,17,20). The van der Waals surface area contributed by atoms with Gasteiger partial charge in [-0.15, -0.1) is 0 Å². The SMILES string of the molecule is CN(C)C(=O)N1CCC2(CC1)N=C(NC(C)(C)C)NC2=O. The second kappa shape index (κ2) is 5.20. The summed E-state index contributed by atoms with van der Waals surface area (Å²) in [7, 11) is 3.47. The first-order valence-corrected chi connectivity index (χ1v) is 7.29. The molecular weight excluding hydrogens is 270 g/mol. The highest BCUT2D eigenvalue weighted by Gasteiger charge is 2.47. The molecule has 0 atom stereocenters. The number of carbonyl (C=O) groups excluding carboxylic acids is 2. The molecule has 7 nitrogen and oxygen atoms in total. The summed E-state index contributed by atoms with van der Waals surface area (Å²) in [5.41, 5.74) is -0.865. The highest BCUT2D eigenvalue weighted by atomic mass is 16.2. The number of hydrogen-bond donors (Lipinski definition) is 2. The molecule has 3 amide bonds. The van der Waals surface area contributed by atoms with Gasteiger partial charge in [-0.25, -0.2) is 9.79 Å². The quantitative estimate of drug-likeness (QED) is 0.678. The van der Waals surface area contributed by atoms with Crippen molar-refractivity contribution in [3.05, 3.63) is 0 Å². The Balaban J connectivity index is 2.05. The van der Waals surface area contributed by atoms with Gasteiger partial charge in [-0.3, -0.25) is 10.1 Å². The lowest BCUT2D eigenvalue weighted by Gasteiger charge is -2.36. The van der Waals surface area contributed by atoms with Crippen LogP contribution in [0.1, 0.15) is 33.6 Å². The van der Waals surface area contributed by atoms with Crippen molar-refractivity contribution < 1.29 is 9.59 Å². The Morgan fingerprint density at radius 2 is 1.90 bits per heavy atom. The van der Waals surface area contributed by atoms with Crippen LogP contribution in [0.4, 0.5) is 4.79 Å². The summed E-state index contributed by atoms with van der Waals surface area (Å²) in [6, 6.07) is -0.0136. The van der Waals surface area contributed by atoms with Gasteiger partial charge in [0.25, 0.3) is 5.91 Å².